The highest BCUT2D eigenvalue weighted by Crippen LogP contribution is 2.25. The van der Waals surface area contributed by atoms with Gasteiger partial charge in [0.05, 0.1) is 11.7 Å². The minimum Gasteiger partial charge on any atom is -0.426 e. The summed E-state index contributed by atoms with van der Waals surface area (Å²) >= 11 is 0. The highest BCUT2D eigenvalue weighted by Gasteiger charge is 2.14. The van der Waals surface area contributed by atoms with Gasteiger partial charge in [-0.15, -0.1) is 6.58 Å². The topological polar surface area (TPSA) is 63.6 Å². The van der Waals surface area contributed by atoms with E-state index in [-0.39, 0.29) is 17.1 Å². The second kappa shape index (κ2) is 6.12. The van der Waals surface area contributed by atoms with Crippen LogP contribution in [0.3, 0.4) is 0 Å². The molecular formula is C14H16O4. The normalized spacial score (nSPS) is 11.7. The number of ketones is 1. The number of ether oxygens (including phenoxy) is 1. The lowest BCUT2D eigenvalue weighted by molar-refractivity contribution is -0.131. The quantitative estimate of drug-likeness (QED) is 0.376. The van der Waals surface area contributed by atoms with Crippen molar-refractivity contribution in [1.82, 2.24) is 0 Å². The van der Waals surface area contributed by atoms with Gasteiger partial charge in [0, 0.05) is 6.92 Å². The number of benzene rings is 1. The van der Waals surface area contributed by atoms with Crippen molar-refractivity contribution in [2.75, 3.05) is 0 Å². The molecule has 1 N–H and O–H groups in total. The second-order valence-corrected chi connectivity index (χ2v) is 3.95. The Bertz CT molecular complexity index is 477. The maximum atomic E-state index is 11.5. The van der Waals surface area contributed by atoms with Gasteiger partial charge in [-0.2, -0.15) is 0 Å². The molecule has 0 aliphatic carbocycles. The standard InChI is InChI=1S/C14H16O4/c1-4-5-13(17)11-6-7-14(18-10(3)16)12(8-11)9(2)15/h4,6-8,13,17H,1,5H2,2-3H3. The number of esters is 1. The molecule has 4 nitrogen and oxygen atoms in total. The van der Waals surface area contributed by atoms with E-state index in [4.69, 9.17) is 4.74 Å². The smallest absolute Gasteiger partial charge is 0.308 e. The molecule has 0 saturated carbocycles. The van der Waals surface area contributed by atoms with Crippen LogP contribution in [-0.4, -0.2) is 16.9 Å². The molecule has 1 rings (SSSR count). The number of aliphatic hydroxyl groups is 1. The average molecular weight is 248 g/mol. The predicted molar refractivity (Wildman–Crippen MR) is 67.5 cm³/mol. The monoisotopic (exact) mass is 248 g/mol. The van der Waals surface area contributed by atoms with Crippen molar-refractivity contribution in [2.24, 2.45) is 0 Å². The van der Waals surface area contributed by atoms with E-state index in [1.807, 2.05) is 0 Å². The molecule has 0 aromatic heterocycles. The van der Waals surface area contributed by atoms with Crippen LogP contribution in [0.5, 0.6) is 5.75 Å². The van der Waals surface area contributed by atoms with Crippen LogP contribution in [-0.2, 0) is 4.79 Å². The summed E-state index contributed by atoms with van der Waals surface area (Å²) in [6, 6.07) is 4.67. The van der Waals surface area contributed by atoms with Crippen molar-refractivity contribution >= 4 is 11.8 Å². The van der Waals surface area contributed by atoms with E-state index in [1.165, 1.54) is 26.0 Å². The maximum absolute atomic E-state index is 11.5. The predicted octanol–water partition coefficient (Wildman–Crippen LogP) is 2.42. The Morgan fingerprint density at radius 1 is 1.44 bits per heavy atom. The van der Waals surface area contributed by atoms with Gasteiger partial charge in [-0.3, -0.25) is 9.59 Å². The largest absolute Gasteiger partial charge is 0.426 e. The van der Waals surface area contributed by atoms with Gasteiger partial charge in [-0.25, -0.2) is 0 Å². The maximum Gasteiger partial charge on any atom is 0.308 e. The van der Waals surface area contributed by atoms with Crippen LogP contribution < -0.4 is 4.74 Å². The second-order valence-electron chi connectivity index (χ2n) is 3.95. The fraction of sp³-hybridized carbons (Fsp3) is 0.286. The van der Waals surface area contributed by atoms with E-state index in [9.17, 15) is 14.7 Å². The zero-order valence-corrected chi connectivity index (χ0v) is 10.5. The van der Waals surface area contributed by atoms with Crippen LogP contribution in [0.4, 0.5) is 0 Å². The molecule has 0 aliphatic rings. The molecule has 0 amide bonds. The Morgan fingerprint density at radius 3 is 2.61 bits per heavy atom. The van der Waals surface area contributed by atoms with Crippen molar-refractivity contribution in [1.29, 1.82) is 0 Å². The first-order chi connectivity index (χ1) is 8.45. The highest BCUT2D eigenvalue weighted by molar-refractivity contribution is 5.97. The molecule has 96 valence electrons. The molecule has 0 heterocycles. The molecule has 0 saturated heterocycles. The van der Waals surface area contributed by atoms with Crippen molar-refractivity contribution < 1.29 is 19.4 Å². The molecule has 0 bridgehead atoms. The Labute approximate surface area is 106 Å². The van der Waals surface area contributed by atoms with Gasteiger partial charge in [0.15, 0.2) is 5.78 Å². The summed E-state index contributed by atoms with van der Waals surface area (Å²) in [5, 5.41) is 9.81. The highest BCUT2D eigenvalue weighted by atomic mass is 16.5. The molecule has 1 unspecified atom stereocenters. The van der Waals surface area contributed by atoms with E-state index in [2.05, 4.69) is 6.58 Å². The van der Waals surface area contributed by atoms with E-state index < -0.39 is 12.1 Å². The molecule has 1 aromatic rings. The first-order valence-electron chi connectivity index (χ1n) is 5.58. The number of carbonyl (C=O) groups is 2. The zero-order valence-electron chi connectivity index (χ0n) is 10.5. The summed E-state index contributed by atoms with van der Waals surface area (Å²) in [4.78, 5) is 22.4. The van der Waals surface area contributed by atoms with Gasteiger partial charge in [-0.1, -0.05) is 12.1 Å². The van der Waals surface area contributed by atoms with Crippen LogP contribution in [0.1, 0.15) is 42.3 Å². The van der Waals surface area contributed by atoms with Gasteiger partial charge >= 0.3 is 5.97 Å². The Morgan fingerprint density at radius 2 is 2.11 bits per heavy atom. The average Bonchev–Trinajstić information content (AvgIpc) is 2.28. The van der Waals surface area contributed by atoms with E-state index in [0.717, 1.165) is 0 Å². The molecule has 1 aromatic carbocycles. The van der Waals surface area contributed by atoms with Crippen LogP contribution in [0.2, 0.25) is 0 Å². The fourth-order valence-electron chi connectivity index (χ4n) is 1.57. The minimum atomic E-state index is -0.716. The van der Waals surface area contributed by atoms with Crippen molar-refractivity contribution in [2.45, 2.75) is 26.4 Å². The summed E-state index contributed by atoms with van der Waals surface area (Å²) < 4.78 is 4.94. The summed E-state index contributed by atoms with van der Waals surface area (Å²) in [6.07, 6.45) is 1.27. The number of hydrogen-bond donors (Lipinski definition) is 1. The van der Waals surface area contributed by atoms with Crippen LogP contribution in [0.25, 0.3) is 0 Å². The lowest BCUT2D eigenvalue weighted by Gasteiger charge is -2.12. The lowest BCUT2D eigenvalue weighted by Crippen LogP contribution is -2.07. The minimum absolute atomic E-state index is 0.213. The molecule has 0 radical (unpaired) electrons. The van der Waals surface area contributed by atoms with Gasteiger partial charge in [0.2, 0.25) is 0 Å². The first-order valence-corrected chi connectivity index (χ1v) is 5.58. The molecule has 1 atom stereocenters. The van der Waals surface area contributed by atoms with Crippen LogP contribution in [0, 0.1) is 0 Å². The summed E-state index contributed by atoms with van der Waals surface area (Å²) in [5.74, 6) is -0.500. The van der Waals surface area contributed by atoms with Crippen molar-refractivity contribution in [3.63, 3.8) is 0 Å². The molecule has 0 spiro atoms. The Balaban J connectivity index is 3.14. The summed E-state index contributed by atoms with van der Waals surface area (Å²) in [5.41, 5.74) is 0.877. The van der Waals surface area contributed by atoms with Crippen molar-refractivity contribution in [3.05, 3.63) is 42.0 Å². The zero-order chi connectivity index (χ0) is 13.7. The van der Waals surface area contributed by atoms with E-state index in [1.54, 1.807) is 12.1 Å². The molecule has 0 fully saturated rings. The molecule has 0 aliphatic heterocycles. The van der Waals surface area contributed by atoms with Crippen LogP contribution >= 0.6 is 0 Å². The molecule has 18 heavy (non-hydrogen) atoms. The van der Waals surface area contributed by atoms with E-state index >= 15 is 0 Å². The lowest BCUT2D eigenvalue weighted by atomic mass is 10.0. The molecular weight excluding hydrogens is 232 g/mol. The SMILES string of the molecule is C=CCC(O)c1ccc(OC(C)=O)c(C(C)=O)c1. The Kier molecular flexibility index (Phi) is 4.80. The fourth-order valence-corrected chi connectivity index (χ4v) is 1.57. The summed E-state index contributed by atoms with van der Waals surface area (Å²) in [6.45, 7) is 6.19. The van der Waals surface area contributed by atoms with E-state index in [0.29, 0.717) is 12.0 Å². The van der Waals surface area contributed by atoms with Crippen molar-refractivity contribution in [3.8, 4) is 5.75 Å². The number of Topliss-reactive ketones (excluding diaryl/α,β-unsaturated/α-hetero) is 1. The first kappa shape index (κ1) is 14.1. The van der Waals surface area contributed by atoms with Gasteiger partial charge < -0.3 is 9.84 Å². The number of aliphatic hydroxyl groups excluding tert-OH is 1. The number of hydrogen-bond acceptors (Lipinski definition) is 4. The van der Waals surface area contributed by atoms with Crippen LogP contribution in [0.15, 0.2) is 30.9 Å². The third-order valence-electron chi connectivity index (χ3n) is 2.41. The molecule has 4 heteroatoms. The van der Waals surface area contributed by atoms with Gasteiger partial charge in [0.25, 0.3) is 0 Å². The Hall–Kier alpha value is -1.94. The third kappa shape index (κ3) is 3.53. The third-order valence-corrected chi connectivity index (χ3v) is 2.41. The number of carbonyl (C=O) groups excluding carboxylic acids is 2. The van der Waals surface area contributed by atoms with Gasteiger partial charge in [-0.05, 0) is 31.0 Å². The number of rotatable bonds is 5. The van der Waals surface area contributed by atoms with Gasteiger partial charge in [0.1, 0.15) is 5.75 Å². The summed E-state index contributed by atoms with van der Waals surface area (Å²) in [7, 11) is 0.